The average Bonchev–Trinajstić information content (AvgIpc) is 2.51. The number of aryl methyl sites for hydroxylation is 1. The van der Waals surface area contributed by atoms with E-state index in [1.165, 1.54) is 24.3 Å². The number of amides is 1. The smallest absolute Gasteiger partial charge is 0.335 e. The highest BCUT2D eigenvalue weighted by Crippen LogP contribution is 2.30. The van der Waals surface area contributed by atoms with Crippen LogP contribution in [0.2, 0.25) is 5.02 Å². The van der Waals surface area contributed by atoms with Gasteiger partial charge in [-0.3, -0.25) is 4.79 Å². The van der Waals surface area contributed by atoms with Gasteiger partial charge in [0, 0.05) is 11.3 Å². The number of halogens is 1. The van der Waals surface area contributed by atoms with Crippen molar-refractivity contribution in [3.05, 3.63) is 58.1 Å². The summed E-state index contributed by atoms with van der Waals surface area (Å²) in [6, 6.07) is 9.20. The highest BCUT2D eigenvalue weighted by atomic mass is 35.5. The van der Waals surface area contributed by atoms with Crippen LogP contribution in [0.1, 0.15) is 40.1 Å². The summed E-state index contributed by atoms with van der Waals surface area (Å²) in [7, 11) is 0. The van der Waals surface area contributed by atoms with Crippen LogP contribution in [-0.2, 0) is 0 Å². The topological polar surface area (TPSA) is 75.6 Å². The van der Waals surface area contributed by atoms with Crippen molar-refractivity contribution in [3.8, 4) is 5.75 Å². The first kappa shape index (κ1) is 17.8. The predicted molar refractivity (Wildman–Crippen MR) is 93.3 cm³/mol. The van der Waals surface area contributed by atoms with E-state index in [0.717, 1.165) is 5.56 Å². The molecule has 126 valence electrons. The SMILES string of the molecule is Cc1cc(C(=O)Nc2ccc(C(=O)O)cc2)cc(OC(C)C)c1Cl. The van der Waals surface area contributed by atoms with Crippen LogP contribution in [0.3, 0.4) is 0 Å². The molecule has 0 atom stereocenters. The molecule has 0 radical (unpaired) electrons. The first-order valence-corrected chi connectivity index (χ1v) is 7.77. The van der Waals surface area contributed by atoms with Gasteiger partial charge in [0.15, 0.2) is 0 Å². The second-order valence-electron chi connectivity index (χ2n) is 5.61. The Kier molecular flexibility index (Phi) is 5.46. The third kappa shape index (κ3) is 4.26. The molecule has 0 aromatic heterocycles. The number of benzene rings is 2. The van der Waals surface area contributed by atoms with Gasteiger partial charge in [-0.25, -0.2) is 4.79 Å². The normalized spacial score (nSPS) is 10.5. The number of anilines is 1. The van der Waals surface area contributed by atoms with Crippen molar-refractivity contribution in [1.29, 1.82) is 0 Å². The molecule has 0 heterocycles. The number of aromatic carboxylic acids is 1. The zero-order valence-electron chi connectivity index (χ0n) is 13.6. The number of hydrogen-bond acceptors (Lipinski definition) is 3. The molecule has 1 amide bonds. The third-order valence-electron chi connectivity index (χ3n) is 3.24. The Morgan fingerprint density at radius 1 is 1.12 bits per heavy atom. The summed E-state index contributed by atoms with van der Waals surface area (Å²) < 4.78 is 5.63. The standard InChI is InChI=1S/C18H18ClNO4/c1-10(2)24-15-9-13(8-11(3)16(15)19)17(21)20-14-6-4-12(5-7-14)18(22)23/h4-10H,1-3H3,(H,20,21)(H,22,23). The number of carboxylic acid groups (broad SMARTS) is 1. The van der Waals surface area contributed by atoms with Crippen LogP contribution in [0.25, 0.3) is 0 Å². The Labute approximate surface area is 145 Å². The molecule has 0 aliphatic rings. The van der Waals surface area contributed by atoms with Gasteiger partial charge in [-0.1, -0.05) is 11.6 Å². The number of rotatable bonds is 5. The lowest BCUT2D eigenvalue weighted by Crippen LogP contribution is -2.13. The van der Waals surface area contributed by atoms with E-state index >= 15 is 0 Å². The molecule has 2 rings (SSSR count). The maximum atomic E-state index is 12.4. The number of ether oxygens (including phenoxy) is 1. The molecule has 0 saturated carbocycles. The Morgan fingerprint density at radius 3 is 2.29 bits per heavy atom. The third-order valence-corrected chi connectivity index (χ3v) is 3.72. The Hall–Kier alpha value is -2.53. The van der Waals surface area contributed by atoms with E-state index in [9.17, 15) is 9.59 Å². The summed E-state index contributed by atoms with van der Waals surface area (Å²) in [4.78, 5) is 23.2. The lowest BCUT2D eigenvalue weighted by molar-refractivity contribution is 0.0696. The number of nitrogens with one attached hydrogen (secondary N) is 1. The van der Waals surface area contributed by atoms with Gasteiger partial charge >= 0.3 is 5.97 Å². The summed E-state index contributed by atoms with van der Waals surface area (Å²) in [5.74, 6) is -0.888. The minimum absolute atomic E-state index is 0.0659. The van der Waals surface area contributed by atoms with Crippen LogP contribution in [0, 0.1) is 6.92 Å². The molecule has 6 heteroatoms. The van der Waals surface area contributed by atoms with Crippen molar-refractivity contribution < 1.29 is 19.4 Å². The second-order valence-corrected chi connectivity index (χ2v) is 5.99. The molecule has 2 aromatic rings. The Morgan fingerprint density at radius 2 is 1.75 bits per heavy atom. The van der Waals surface area contributed by atoms with Crippen LogP contribution < -0.4 is 10.1 Å². The fraction of sp³-hybridized carbons (Fsp3) is 0.222. The van der Waals surface area contributed by atoms with E-state index in [1.54, 1.807) is 19.1 Å². The molecule has 2 N–H and O–H groups in total. The zero-order chi connectivity index (χ0) is 17.9. The first-order valence-electron chi connectivity index (χ1n) is 7.39. The Balaban J connectivity index is 2.23. The number of carbonyl (C=O) groups is 2. The molecule has 24 heavy (non-hydrogen) atoms. The van der Waals surface area contributed by atoms with Crippen LogP contribution in [0.4, 0.5) is 5.69 Å². The summed E-state index contributed by atoms with van der Waals surface area (Å²) in [5.41, 5.74) is 1.81. The van der Waals surface area contributed by atoms with Gasteiger partial charge < -0.3 is 15.2 Å². The summed E-state index contributed by atoms with van der Waals surface area (Å²) in [6.45, 7) is 5.55. The highest BCUT2D eigenvalue weighted by molar-refractivity contribution is 6.33. The van der Waals surface area contributed by atoms with E-state index in [2.05, 4.69) is 5.32 Å². The quantitative estimate of drug-likeness (QED) is 0.841. The van der Waals surface area contributed by atoms with Crippen LogP contribution in [0.5, 0.6) is 5.75 Å². The minimum Gasteiger partial charge on any atom is -0.489 e. The lowest BCUT2D eigenvalue weighted by atomic mass is 10.1. The first-order chi connectivity index (χ1) is 11.3. The molecule has 0 fully saturated rings. The van der Waals surface area contributed by atoms with Crippen molar-refractivity contribution in [2.45, 2.75) is 26.9 Å². The van der Waals surface area contributed by atoms with Gasteiger partial charge in [-0.2, -0.15) is 0 Å². The van der Waals surface area contributed by atoms with Crippen molar-refractivity contribution in [1.82, 2.24) is 0 Å². The molecule has 0 aliphatic heterocycles. The number of hydrogen-bond donors (Lipinski definition) is 2. The molecule has 2 aromatic carbocycles. The summed E-state index contributed by atoms with van der Waals surface area (Å²) in [5, 5.41) is 12.1. The lowest BCUT2D eigenvalue weighted by Gasteiger charge is -2.14. The predicted octanol–water partition coefficient (Wildman–Crippen LogP) is 4.39. The monoisotopic (exact) mass is 347 g/mol. The summed E-state index contributed by atoms with van der Waals surface area (Å²) in [6.07, 6.45) is -0.0659. The highest BCUT2D eigenvalue weighted by Gasteiger charge is 2.14. The van der Waals surface area contributed by atoms with Gasteiger partial charge in [0.25, 0.3) is 5.91 Å². The van der Waals surface area contributed by atoms with Gasteiger partial charge in [0.2, 0.25) is 0 Å². The van der Waals surface area contributed by atoms with Gasteiger partial charge in [0.1, 0.15) is 5.75 Å². The molecular weight excluding hydrogens is 330 g/mol. The summed E-state index contributed by atoms with van der Waals surface area (Å²) >= 11 is 6.21. The average molecular weight is 348 g/mol. The molecular formula is C18H18ClNO4. The molecule has 0 bridgehead atoms. The molecule has 0 spiro atoms. The fourth-order valence-electron chi connectivity index (χ4n) is 2.11. The van der Waals surface area contributed by atoms with Crippen LogP contribution in [0.15, 0.2) is 36.4 Å². The number of carboxylic acids is 1. The van der Waals surface area contributed by atoms with Crippen molar-refractivity contribution in [2.24, 2.45) is 0 Å². The zero-order valence-corrected chi connectivity index (χ0v) is 14.3. The van der Waals surface area contributed by atoms with Crippen LogP contribution in [-0.4, -0.2) is 23.1 Å². The number of carbonyl (C=O) groups excluding carboxylic acids is 1. The molecule has 0 aliphatic carbocycles. The van der Waals surface area contributed by atoms with E-state index in [0.29, 0.717) is 22.0 Å². The molecule has 5 nitrogen and oxygen atoms in total. The van der Waals surface area contributed by atoms with Gasteiger partial charge in [0.05, 0.1) is 16.7 Å². The Bertz CT molecular complexity index is 769. The minimum atomic E-state index is -1.02. The second kappa shape index (κ2) is 7.36. The maximum absolute atomic E-state index is 12.4. The van der Waals surface area contributed by atoms with E-state index < -0.39 is 5.97 Å². The van der Waals surface area contributed by atoms with E-state index in [-0.39, 0.29) is 17.6 Å². The van der Waals surface area contributed by atoms with Crippen molar-refractivity contribution >= 4 is 29.2 Å². The fourth-order valence-corrected chi connectivity index (χ4v) is 2.26. The van der Waals surface area contributed by atoms with Gasteiger partial charge in [-0.05, 0) is 62.7 Å². The maximum Gasteiger partial charge on any atom is 0.335 e. The van der Waals surface area contributed by atoms with Crippen molar-refractivity contribution in [3.63, 3.8) is 0 Å². The largest absolute Gasteiger partial charge is 0.489 e. The molecule has 0 unspecified atom stereocenters. The van der Waals surface area contributed by atoms with Crippen molar-refractivity contribution in [2.75, 3.05) is 5.32 Å². The van der Waals surface area contributed by atoms with Crippen LogP contribution >= 0.6 is 11.6 Å². The molecule has 0 saturated heterocycles. The van der Waals surface area contributed by atoms with Gasteiger partial charge in [-0.15, -0.1) is 0 Å². The van der Waals surface area contributed by atoms with E-state index in [4.69, 9.17) is 21.4 Å². The van der Waals surface area contributed by atoms with E-state index in [1.807, 2.05) is 13.8 Å².